The number of hydrogen-bond acceptors (Lipinski definition) is 8. The van der Waals surface area contributed by atoms with E-state index in [2.05, 4.69) is 10.3 Å². The maximum Gasteiger partial charge on any atom is 0.337 e. The van der Waals surface area contributed by atoms with E-state index in [-0.39, 0.29) is 16.8 Å². The van der Waals surface area contributed by atoms with Crippen molar-refractivity contribution in [2.45, 2.75) is 26.3 Å². The van der Waals surface area contributed by atoms with Gasteiger partial charge in [-0.2, -0.15) is 0 Å². The van der Waals surface area contributed by atoms with E-state index in [4.69, 9.17) is 9.47 Å². The van der Waals surface area contributed by atoms with Crippen LogP contribution in [0.25, 0.3) is 6.08 Å². The summed E-state index contributed by atoms with van der Waals surface area (Å²) in [4.78, 5) is 40.9. The summed E-state index contributed by atoms with van der Waals surface area (Å²) in [6.45, 7) is 3.21. The number of esters is 2. The van der Waals surface area contributed by atoms with Crippen LogP contribution >= 0.6 is 0 Å². The Labute approximate surface area is 229 Å². The number of benzene rings is 2. The minimum absolute atomic E-state index is 0.0168. The average Bonchev–Trinajstić information content (AvgIpc) is 3.45. The summed E-state index contributed by atoms with van der Waals surface area (Å²) in [5.74, 6) is -3.32. The van der Waals surface area contributed by atoms with Gasteiger partial charge in [0.1, 0.15) is 12.4 Å². The van der Waals surface area contributed by atoms with Gasteiger partial charge in [-0.05, 0) is 36.6 Å². The van der Waals surface area contributed by atoms with E-state index < -0.39 is 35.2 Å². The van der Waals surface area contributed by atoms with Crippen LogP contribution in [0.15, 0.2) is 95.6 Å². The average molecular weight is 547 g/mol. The summed E-state index contributed by atoms with van der Waals surface area (Å²) in [6, 6.07) is 12.8. The molecule has 1 aliphatic heterocycles. The van der Waals surface area contributed by atoms with Gasteiger partial charge in [0.15, 0.2) is 0 Å². The highest BCUT2D eigenvalue weighted by Crippen LogP contribution is 2.40. The molecule has 3 aromatic rings. The monoisotopic (exact) mass is 546 g/mol. The molecule has 40 heavy (non-hydrogen) atoms. The van der Waals surface area contributed by atoms with Crippen molar-refractivity contribution < 1.29 is 28.4 Å². The number of nitro groups is 1. The second-order valence-corrected chi connectivity index (χ2v) is 9.12. The van der Waals surface area contributed by atoms with E-state index in [9.17, 15) is 24.1 Å². The summed E-state index contributed by atoms with van der Waals surface area (Å²) in [6.07, 6.45) is 6.50. The Morgan fingerprint density at radius 1 is 1.12 bits per heavy atom. The van der Waals surface area contributed by atoms with Gasteiger partial charge < -0.3 is 19.4 Å². The third-order valence-corrected chi connectivity index (χ3v) is 6.37. The van der Waals surface area contributed by atoms with Crippen LogP contribution in [-0.2, 0) is 25.6 Å². The molecule has 10 nitrogen and oxygen atoms in total. The van der Waals surface area contributed by atoms with E-state index in [0.717, 1.165) is 5.56 Å². The summed E-state index contributed by atoms with van der Waals surface area (Å²) in [5.41, 5.74) is 2.58. The number of dihydropyridines is 1. The number of imidazole rings is 1. The zero-order valence-electron chi connectivity index (χ0n) is 22.1. The molecular formula is C29H27FN4O6. The first-order valence-corrected chi connectivity index (χ1v) is 12.3. The van der Waals surface area contributed by atoms with Crippen molar-refractivity contribution in [1.82, 2.24) is 14.9 Å². The lowest BCUT2D eigenvalue weighted by Gasteiger charge is -2.30. The largest absolute Gasteiger partial charge is 0.466 e. The van der Waals surface area contributed by atoms with Crippen LogP contribution in [0.5, 0.6) is 0 Å². The number of nitrogens with zero attached hydrogens (tertiary/aromatic N) is 3. The predicted molar refractivity (Wildman–Crippen MR) is 144 cm³/mol. The van der Waals surface area contributed by atoms with Gasteiger partial charge >= 0.3 is 11.9 Å². The maximum atomic E-state index is 14.8. The molecule has 0 saturated heterocycles. The molecule has 1 unspecified atom stereocenters. The second kappa shape index (κ2) is 12.2. The molecule has 206 valence electrons. The smallest absolute Gasteiger partial charge is 0.337 e. The fourth-order valence-electron chi connectivity index (χ4n) is 4.54. The normalized spacial score (nSPS) is 15.5. The summed E-state index contributed by atoms with van der Waals surface area (Å²) in [7, 11) is 1.20. The number of allylic oxidation sites excluding steroid dienone is 2. The van der Waals surface area contributed by atoms with Crippen molar-refractivity contribution in [1.29, 1.82) is 0 Å². The van der Waals surface area contributed by atoms with E-state index in [1.165, 1.54) is 31.4 Å². The minimum Gasteiger partial charge on any atom is -0.466 e. The first-order chi connectivity index (χ1) is 19.2. The van der Waals surface area contributed by atoms with Crippen LogP contribution in [0.1, 0.15) is 36.5 Å². The molecule has 0 spiro atoms. The molecule has 0 fully saturated rings. The van der Waals surface area contributed by atoms with Crippen molar-refractivity contribution in [2.24, 2.45) is 0 Å². The lowest BCUT2D eigenvalue weighted by molar-refractivity contribution is -0.384. The standard InChI is InChI=1S/C29H27FN4O6/c1-18-25(28(35)39-3)27(22-5-4-6-24(14-22)34(37)38)26(19(2)32-18)29(36)40-16-23(30)13-20-7-9-21(10-8-20)15-33-12-11-31-17-33/h4-14,17,27,32H,15-16H2,1-3H3. The van der Waals surface area contributed by atoms with Crippen LogP contribution < -0.4 is 5.32 Å². The molecule has 0 bridgehead atoms. The Morgan fingerprint density at radius 3 is 2.45 bits per heavy atom. The number of rotatable bonds is 9. The molecule has 1 aromatic heterocycles. The summed E-state index contributed by atoms with van der Waals surface area (Å²) >= 11 is 0. The van der Waals surface area contributed by atoms with Crippen molar-refractivity contribution in [3.05, 3.63) is 122 Å². The lowest BCUT2D eigenvalue weighted by atomic mass is 9.80. The van der Waals surface area contributed by atoms with Gasteiger partial charge in [-0.1, -0.05) is 36.4 Å². The summed E-state index contributed by atoms with van der Waals surface area (Å²) < 4.78 is 26.9. The summed E-state index contributed by atoms with van der Waals surface area (Å²) in [5, 5.41) is 14.4. The number of methoxy groups -OCH3 is 1. The topological polar surface area (TPSA) is 126 Å². The molecule has 1 aliphatic rings. The molecule has 11 heteroatoms. The highest BCUT2D eigenvalue weighted by molar-refractivity contribution is 6.00. The fourth-order valence-corrected chi connectivity index (χ4v) is 4.54. The molecule has 0 radical (unpaired) electrons. The van der Waals surface area contributed by atoms with Gasteiger partial charge in [-0.3, -0.25) is 10.1 Å². The van der Waals surface area contributed by atoms with Gasteiger partial charge in [0, 0.05) is 42.5 Å². The second-order valence-electron chi connectivity index (χ2n) is 9.12. The molecule has 4 rings (SSSR count). The third-order valence-electron chi connectivity index (χ3n) is 6.37. The van der Waals surface area contributed by atoms with E-state index >= 15 is 0 Å². The first kappa shape index (κ1) is 28.0. The lowest BCUT2D eigenvalue weighted by Crippen LogP contribution is -2.32. The van der Waals surface area contributed by atoms with Gasteiger partial charge in [-0.25, -0.2) is 19.0 Å². The van der Waals surface area contributed by atoms with Crippen molar-refractivity contribution in [3.8, 4) is 0 Å². The molecule has 2 heterocycles. The number of nitro benzene ring substituents is 1. The van der Waals surface area contributed by atoms with Crippen molar-refractivity contribution >= 4 is 23.7 Å². The number of carbonyl (C=O) groups excluding carboxylic acids is 2. The third kappa shape index (κ3) is 6.32. The van der Waals surface area contributed by atoms with Crippen LogP contribution in [0.3, 0.4) is 0 Å². The van der Waals surface area contributed by atoms with Gasteiger partial charge in [-0.15, -0.1) is 0 Å². The Balaban J connectivity index is 1.54. The van der Waals surface area contributed by atoms with Gasteiger partial charge in [0.2, 0.25) is 0 Å². The number of non-ortho nitro benzene ring substituents is 1. The predicted octanol–water partition coefficient (Wildman–Crippen LogP) is 4.80. The van der Waals surface area contributed by atoms with E-state index in [1.807, 2.05) is 22.9 Å². The van der Waals surface area contributed by atoms with Crippen LogP contribution in [0.2, 0.25) is 0 Å². The quantitative estimate of drug-likeness (QED) is 0.230. The SMILES string of the molecule is COC(=O)C1=C(C)NC(C)=C(C(=O)OCC(F)=Cc2ccc(Cn3ccnc3)cc2)C1c1cccc([N+](=O)[O-])c1. The molecule has 2 aromatic carbocycles. The highest BCUT2D eigenvalue weighted by atomic mass is 19.1. The first-order valence-electron chi connectivity index (χ1n) is 12.3. The molecule has 1 atom stereocenters. The number of halogens is 1. The Bertz CT molecular complexity index is 1520. The number of carbonyl (C=O) groups is 2. The molecule has 1 N–H and O–H groups in total. The molecule has 0 saturated carbocycles. The Kier molecular flexibility index (Phi) is 8.53. The number of ether oxygens (including phenoxy) is 2. The number of hydrogen-bond donors (Lipinski definition) is 1. The highest BCUT2D eigenvalue weighted by Gasteiger charge is 2.38. The Morgan fingerprint density at radius 2 is 1.82 bits per heavy atom. The molecule has 0 aliphatic carbocycles. The number of aromatic nitrogens is 2. The number of nitrogens with one attached hydrogen (secondary N) is 1. The van der Waals surface area contributed by atoms with Crippen molar-refractivity contribution in [2.75, 3.05) is 13.7 Å². The van der Waals surface area contributed by atoms with E-state index in [1.54, 1.807) is 44.6 Å². The fraction of sp³-hybridized carbons (Fsp3) is 0.207. The maximum absolute atomic E-state index is 14.8. The van der Waals surface area contributed by atoms with Crippen LogP contribution in [0.4, 0.5) is 10.1 Å². The molecule has 0 amide bonds. The zero-order chi connectivity index (χ0) is 28.8. The molecular weight excluding hydrogens is 519 g/mol. The zero-order valence-corrected chi connectivity index (χ0v) is 22.1. The van der Waals surface area contributed by atoms with Crippen LogP contribution in [-0.4, -0.2) is 40.1 Å². The van der Waals surface area contributed by atoms with Crippen molar-refractivity contribution in [3.63, 3.8) is 0 Å². The van der Waals surface area contributed by atoms with E-state index in [0.29, 0.717) is 29.1 Å². The van der Waals surface area contributed by atoms with Crippen LogP contribution in [0, 0.1) is 10.1 Å². The van der Waals surface area contributed by atoms with Gasteiger partial charge in [0.05, 0.1) is 35.4 Å². The minimum atomic E-state index is -1.03. The Hall–Kier alpha value is -5.06. The van der Waals surface area contributed by atoms with Gasteiger partial charge in [0.25, 0.3) is 5.69 Å².